The summed E-state index contributed by atoms with van der Waals surface area (Å²) in [5, 5.41) is 9.05. The molecule has 1 heterocycles. The number of fused-ring (bicyclic) bond motifs is 1. The van der Waals surface area contributed by atoms with Gasteiger partial charge in [0.05, 0.1) is 16.5 Å². The Bertz CT molecular complexity index is 1440. The van der Waals surface area contributed by atoms with Crippen molar-refractivity contribution in [3.8, 4) is 11.3 Å². The SMILES string of the molecule is C.Cc1cc(C(C)C)c2oc(-c3ccc(F)cc3F)c(C)c(=O)c2c1.Cc1ccccc1C(=O)O. The molecule has 0 radical (unpaired) electrons. The van der Waals surface area contributed by atoms with Gasteiger partial charge in [-0.05, 0) is 67.6 Å². The molecule has 0 bridgehead atoms. The molecule has 0 aliphatic carbocycles. The van der Waals surface area contributed by atoms with Gasteiger partial charge in [0.25, 0.3) is 0 Å². The smallest absolute Gasteiger partial charge is 0.335 e. The molecule has 4 aromatic rings. The topological polar surface area (TPSA) is 67.5 Å². The highest BCUT2D eigenvalue weighted by Crippen LogP contribution is 2.32. The van der Waals surface area contributed by atoms with Crippen molar-refractivity contribution in [2.24, 2.45) is 0 Å². The van der Waals surface area contributed by atoms with Gasteiger partial charge in [-0.2, -0.15) is 0 Å². The number of aryl methyl sites for hydroxylation is 2. The second kappa shape index (κ2) is 11.1. The molecule has 4 nitrogen and oxygen atoms in total. The fourth-order valence-electron chi connectivity index (χ4n) is 3.74. The highest BCUT2D eigenvalue weighted by Gasteiger charge is 2.19. The minimum absolute atomic E-state index is 0. The Morgan fingerprint density at radius 2 is 1.63 bits per heavy atom. The van der Waals surface area contributed by atoms with Gasteiger partial charge in [0.2, 0.25) is 0 Å². The molecule has 1 N–H and O–H groups in total. The van der Waals surface area contributed by atoms with Gasteiger partial charge in [0, 0.05) is 11.6 Å². The summed E-state index contributed by atoms with van der Waals surface area (Å²) in [5.74, 6) is -1.99. The monoisotopic (exact) mass is 480 g/mol. The van der Waals surface area contributed by atoms with Gasteiger partial charge in [0.1, 0.15) is 23.0 Å². The molecule has 3 aromatic carbocycles. The van der Waals surface area contributed by atoms with Crippen molar-refractivity contribution in [3.63, 3.8) is 0 Å². The molecule has 1 aromatic heterocycles. The molecule has 35 heavy (non-hydrogen) atoms. The van der Waals surface area contributed by atoms with E-state index in [1.54, 1.807) is 38.1 Å². The van der Waals surface area contributed by atoms with E-state index in [9.17, 15) is 18.4 Å². The van der Waals surface area contributed by atoms with Gasteiger partial charge in [0.15, 0.2) is 5.43 Å². The molecule has 0 unspecified atom stereocenters. The van der Waals surface area contributed by atoms with Crippen LogP contribution in [0.25, 0.3) is 22.3 Å². The van der Waals surface area contributed by atoms with E-state index < -0.39 is 17.6 Å². The molecule has 0 atom stereocenters. The van der Waals surface area contributed by atoms with Crippen LogP contribution in [0.15, 0.2) is 63.8 Å². The first kappa shape index (κ1) is 27.4. The summed E-state index contributed by atoms with van der Waals surface area (Å²) in [6.07, 6.45) is 0. The Morgan fingerprint density at radius 3 is 2.17 bits per heavy atom. The van der Waals surface area contributed by atoms with Gasteiger partial charge in [-0.3, -0.25) is 4.79 Å². The van der Waals surface area contributed by atoms with Crippen LogP contribution in [-0.2, 0) is 0 Å². The summed E-state index contributed by atoms with van der Waals surface area (Å²) in [7, 11) is 0. The summed E-state index contributed by atoms with van der Waals surface area (Å²) < 4.78 is 33.3. The van der Waals surface area contributed by atoms with Crippen LogP contribution >= 0.6 is 0 Å². The summed E-state index contributed by atoms with van der Waals surface area (Å²) in [5.41, 5.74) is 3.71. The number of hydrogen-bond acceptors (Lipinski definition) is 3. The van der Waals surface area contributed by atoms with E-state index in [1.165, 1.54) is 6.07 Å². The summed E-state index contributed by atoms with van der Waals surface area (Å²) >= 11 is 0. The van der Waals surface area contributed by atoms with Crippen LogP contribution in [0.3, 0.4) is 0 Å². The number of benzene rings is 3. The molecular weight excluding hydrogens is 450 g/mol. The van der Waals surface area contributed by atoms with Gasteiger partial charge >= 0.3 is 5.97 Å². The average molecular weight is 481 g/mol. The van der Waals surface area contributed by atoms with Crippen molar-refractivity contribution >= 4 is 16.9 Å². The van der Waals surface area contributed by atoms with Crippen LogP contribution in [-0.4, -0.2) is 11.1 Å². The lowest BCUT2D eigenvalue weighted by atomic mass is 9.96. The first-order valence-corrected chi connectivity index (χ1v) is 10.8. The number of aromatic carboxylic acids is 1. The quantitative estimate of drug-likeness (QED) is 0.325. The van der Waals surface area contributed by atoms with E-state index >= 15 is 0 Å². The minimum Gasteiger partial charge on any atom is -0.478 e. The number of hydrogen-bond donors (Lipinski definition) is 1. The zero-order valence-electron chi connectivity index (χ0n) is 19.7. The van der Waals surface area contributed by atoms with E-state index in [0.29, 0.717) is 22.1 Å². The largest absolute Gasteiger partial charge is 0.478 e. The third-order valence-corrected chi connectivity index (χ3v) is 5.57. The predicted molar refractivity (Wildman–Crippen MR) is 136 cm³/mol. The summed E-state index contributed by atoms with van der Waals surface area (Å²) in [4.78, 5) is 23.2. The summed E-state index contributed by atoms with van der Waals surface area (Å²) in [6.45, 7) is 9.32. The maximum absolute atomic E-state index is 14.2. The van der Waals surface area contributed by atoms with Crippen molar-refractivity contribution in [2.75, 3.05) is 0 Å². The van der Waals surface area contributed by atoms with Gasteiger partial charge in [-0.15, -0.1) is 0 Å². The molecule has 6 heteroatoms. The number of carboxylic acids is 1. The number of rotatable bonds is 3. The molecule has 0 aliphatic heterocycles. The van der Waals surface area contributed by atoms with Crippen molar-refractivity contribution in [1.29, 1.82) is 0 Å². The molecule has 184 valence electrons. The Balaban J connectivity index is 0.000000332. The van der Waals surface area contributed by atoms with Gasteiger partial charge < -0.3 is 9.52 Å². The van der Waals surface area contributed by atoms with E-state index in [0.717, 1.165) is 28.8 Å². The van der Waals surface area contributed by atoms with Crippen molar-refractivity contribution in [2.45, 2.75) is 48.0 Å². The molecule has 0 saturated carbocycles. The lowest BCUT2D eigenvalue weighted by Crippen LogP contribution is -2.09. The standard InChI is InChI=1S/C20H18F2O2.C8H8O2.CH4/c1-10(2)15-7-11(3)8-16-18(23)12(4)19(24-20(15)16)14-6-5-13(21)9-17(14)22;1-6-4-2-3-5-7(6)8(9)10;/h5-10H,1-4H3;2-5H,1H3,(H,9,10);1H4. The van der Waals surface area contributed by atoms with Crippen LogP contribution in [0.2, 0.25) is 0 Å². The van der Waals surface area contributed by atoms with Crippen molar-refractivity contribution in [3.05, 3.63) is 104 Å². The lowest BCUT2D eigenvalue weighted by Gasteiger charge is -2.14. The normalized spacial score (nSPS) is 10.5. The minimum atomic E-state index is -0.863. The summed E-state index contributed by atoms with van der Waals surface area (Å²) in [6, 6.07) is 13.9. The molecule has 0 fully saturated rings. The first-order chi connectivity index (χ1) is 16.0. The maximum atomic E-state index is 14.2. The van der Waals surface area contributed by atoms with E-state index in [4.69, 9.17) is 9.52 Å². The number of halogens is 2. The first-order valence-electron chi connectivity index (χ1n) is 10.8. The Hall–Kier alpha value is -3.80. The van der Waals surface area contributed by atoms with E-state index in [2.05, 4.69) is 0 Å². The van der Waals surface area contributed by atoms with Gasteiger partial charge in [-0.25, -0.2) is 13.6 Å². The second-order valence-electron chi connectivity index (χ2n) is 8.52. The highest BCUT2D eigenvalue weighted by molar-refractivity contribution is 5.89. The fraction of sp³-hybridized carbons (Fsp3) is 0.241. The number of carboxylic acid groups (broad SMARTS) is 1. The Morgan fingerprint density at radius 1 is 0.971 bits per heavy atom. The molecule has 0 aliphatic rings. The molecule has 0 saturated heterocycles. The Kier molecular flexibility index (Phi) is 8.69. The molecular formula is C29H30F2O4. The number of carbonyl (C=O) groups is 1. The predicted octanol–water partition coefficient (Wildman–Crippen LogP) is 7.81. The van der Waals surface area contributed by atoms with Crippen LogP contribution in [0, 0.1) is 32.4 Å². The molecule has 0 spiro atoms. The molecule has 0 amide bonds. The average Bonchev–Trinajstić information content (AvgIpc) is 2.77. The zero-order chi connectivity index (χ0) is 25.2. The zero-order valence-corrected chi connectivity index (χ0v) is 19.7. The van der Waals surface area contributed by atoms with Crippen molar-refractivity contribution in [1.82, 2.24) is 0 Å². The maximum Gasteiger partial charge on any atom is 0.335 e. The van der Waals surface area contributed by atoms with Crippen LogP contribution in [0.5, 0.6) is 0 Å². The van der Waals surface area contributed by atoms with E-state index in [1.807, 2.05) is 32.9 Å². The van der Waals surface area contributed by atoms with Crippen LogP contribution in [0.4, 0.5) is 8.78 Å². The second-order valence-corrected chi connectivity index (χ2v) is 8.52. The van der Waals surface area contributed by atoms with Gasteiger partial charge in [-0.1, -0.05) is 45.5 Å². The highest BCUT2D eigenvalue weighted by atomic mass is 19.1. The Labute approximate surface area is 203 Å². The van der Waals surface area contributed by atoms with E-state index in [-0.39, 0.29) is 30.1 Å². The third kappa shape index (κ3) is 5.83. The van der Waals surface area contributed by atoms with Crippen LogP contribution in [0.1, 0.15) is 59.8 Å². The fourth-order valence-corrected chi connectivity index (χ4v) is 3.74. The van der Waals surface area contributed by atoms with Crippen LogP contribution < -0.4 is 5.43 Å². The third-order valence-electron chi connectivity index (χ3n) is 5.57. The lowest BCUT2D eigenvalue weighted by molar-refractivity contribution is 0.0696. The molecule has 4 rings (SSSR count). The van der Waals surface area contributed by atoms with Crippen molar-refractivity contribution < 1.29 is 23.1 Å².